The second kappa shape index (κ2) is 39.1. The Morgan fingerprint density at radius 2 is 0.960 bits per heavy atom. The Morgan fingerprint density at radius 1 is 0.556 bits per heavy atom. The van der Waals surface area contributed by atoms with Gasteiger partial charge in [0.2, 0.25) is 29.5 Å². The van der Waals surface area contributed by atoms with Crippen LogP contribution in [0.2, 0.25) is 0 Å². The summed E-state index contributed by atoms with van der Waals surface area (Å²) in [6.45, 7) is 7.14. The highest BCUT2D eigenvalue weighted by Crippen LogP contribution is 2.29. The number of aliphatic carboxylic acids is 2. The van der Waals surface area contributed by atoms with E-state index < -0.39 is 54.7 Å². The normalized spacial score (nSPS) is 14.7. The van der Waals surface area contributed by atoms with Gasteiger partial charge in [0.25, 0.3) is 11.8 Å². The summed E-state index contributed by atoms with van der Waals surface area (Å²) in [5.41, 5.74) is 6.70. The van der Waals surface area contributed by atoms with Gasteiger partial charge in [-0.2, -0.15) is 0 Å². The maximum atomic E-state index is 13.6. The molecule has 0 unspecified atom stereocenters. The lowest BCUT2D eigenvalue weighted by Gasteiger charge is -2.24. The van der Waals surface area contributed by atoms with Crippen molar-refractivity contribution in [2.45, 2.75) is 103 Å². The van der Waals surface area contributed by atoms with Gasteiger partial charge in [0.1, 0.15) is 29.8 Å². The number of aromatic nitrogens is 4. The van der Waals surface area contributed by atoms with Crippen molar-refractivity contribution in [3.63, 3.8) is 0 Å². The van der Waals surface area contributed by atoms with Gasteiger partial charge >= 0.3 is 11.9 Å². The van der Waals surface area contributed by atoms with Crippen molar-refractivity contribution in [3.8, 4) is 0 Å². The van der Waals surface area contributed by atoms with Crippen LogP contribution in [-0.4, -0.2) is 241 Å². The second-order valence-electron chi connectivity index (χ2n) is 24.1. The molecule has 9 N–H and O–H groups in total. The second-order valence-corrected chi connectivity index (χ2v) is 24.1. The van der Waals surface area contributed by atoms with Crippen molar-refractivity contribution < 1.29 is 81.8 Å². The van der Waals surface area contributed by atoms with E-state index in [0.717, 1.165) is 22.1 Å². The van der Waals surface area contributed by atoms with Crippen LogP contribution in [0, 0.1) is 0 Å². The first-order valence-corrected chi connectivity index (χ1v) is 33.3. The summed E-state index contributed by atoms with van der Waals surface area (Å²) >= 11 is 0. The minimum absolute atomic E-state index is 0.00947. The van der Waals surface area contributed by atoms with Gasteiger partial charge in [0.05, 0.1) is 101 Å². The number of nitrogens with one attached hydrogen (secondary N) is 7. The molecule has 6 aromatic rings. The van der Waals surface area contributed by atoms with E-state index >= 15 is 0 Å². The summed E-state index contributed by atoms with van der Waals surface area (Å²) in [5, 5.41) is 33.6. The summed E-state index contributed by atoms with van der Waals surface area (Å²) in [6.07, 6.45) is 1.24. The Balaban J connectivity index is 0.607. The highest BCUT2D eigenvalue weighted by Gasteiger charge is 2.33. The van der Waals surface area contributed by atoms with Gasteiger partial charge in [-0.25, -0.2) is 9.97 Å². The van der Waals surface area contributed by atoms with Crippen molar-refractivity contribution in [1.29, 1.82) is 0 Å². The average Bonchev–Trinajstić information content (AvgIpc) is 1.73. The van der Waals surface area contributed by atoms with E-state index in [1.807, 2.05) is 48.5 Å². The molecule has 2 aliphatic rings. The van der Waals surface area contributed by atoms with Crippen LogP contribution in [0.4, 0.5) is 11.4 Å². The first-order valence-electron chi connectivity index (χ1n) is 33.3. The molecule has 4 heterocycles. The third-order valence-electron chi connectivity index (χ3n) is 16.2. The number of H-pyrrole nitrogens is 2. The van der Waals surface area contributed by atoms with Gasteiger partial charge in [-0.1, -0.05) is 24.3 Å². The average molecular weight is 1370 g/mol. The van der Waals surface area contributed by atoms with Crippen LogP contribution in [0.3, 0.4) is 0 Å². The van der Waals surface area contributed by atoms with E-state index in [1.54, 1.807) is 70.1 Å². The van der Waals surface area contributed by atoms with Gasteiger partial charge in [-0.05, 0) is 104 Å². The molecule has 534 valence electrons. The zero-order valence-electron chi connectivity index (χ0n) is 56.3. The number of imidazole rings is 2. The molecule has 0 spiro atoms. The Hall–Kier alpha value is -9.59. The number of rotatable bonds is 43. The number of carboxylic acids is 2. The van der Waals surface area contributed by atoms with Crippen LogP contribution in [0.5, 0.6) is 0 Å². The molecule has 0 bridgehead atoms. The fourth-order valence-corrected chi connectivity index (χ4v) is 11.3. The topological polar surface area (TPSA) is 380 Å². The van der Waals surface area contributed by atoms with Gasteiger partial charge in [-0.15, -0.1) is 0 Å². The molecule has 0 saturated heterocycles. The van der Waals surface area contributed by atoms with Gasteiger partial charge in [0.15, 0.2) is 0 Å². The molecule has 7 amide bonds. The number of aromatic amines is 2. The van der Waals surface area contributed by atoms with Crippen LogP contribution in [0.25, 0.3) is 22.1 Å². The lowest BCUT2D eigenvalue weighted by atomic mass is 10.1. The molecule has 8 rings (SSSR count). The Morgan fingerprint density at radius 3 is 1.37 bits per heavy atom. The Bertz CT molecular complexity index is 3630. The molecule has 0 fully saturated rings. The molecule has 0 radical (unpaired) electrons. The highest BCUT2D eigenvalue weighted by atomic mass is 16.5. The molecular weight excluding hydrogens is 1280 g/mol. The number of carbonyl (C=O) groups excluding carboxylic acids is 7. The number of benzene rings is 4. The van der Waals surface area contributed by atoms with E-state index in [9.17, 15) is 53.4 Å². The van der Waals surface area contributed by atoms with Crippen molar-refractivity contribution >= 4 is 86.7 Å². The highest BCUT2D eigenvalue weighted by molar-refractivity contribution is 5.97. The third-order valence-corrected chi connectivity index (χ3v) is 16.2. The maximum absolute atomic E-state index is 13.6. The number of hydrogen-bond donors (Lipinski definition) is 9. The molecular formula is C69H91N13O17. The number of carboxylic acid groups (broad SMARTS) is 2. The first-order chi connectivity index (χ1) is 47.9. The molecule has 0 aliphatic carbocycles. The quantitative estimate of drug-likeness (QED) is 0.0244. The molecule has 30 heteroatoms. The molecule has 2 aliphatic heterocycles. The largest absolute Gasteiger partial charge is 0.481 e. The van der Waals surface area contributed by atoms with E-state index in [2.05, 4.69) is 46.5 Å². The summed E-state index contributed by atoms with van der Waals surface area (Å²) in [5.74, 6) is -3.27. The molecule has 99 heavy (non-hydrogen) atoms. The van der Waals surface area contributed by atoms with Crippen molar-refractivity contribution in [3.05, 3.63) is 119 Å². The van der Waals surface area contributed by atoms with Gasteiger partial charge in [0, 0.05) is 116 Å². The van der Waals surface area contributed by atoms with Crippen LogP contribution >= 0.6 is 0 Å². The molecule has 30 nitrogen and oxygen atoms in total. The number of nitrogens with zero attached hydrogens (tertiary/aromatic N) is 6. The van der Waals surface area contributed by atoms with Gasteiger partial charge < -0.3 is 94.8 Å². The minimum Gasteiger partial charge on any atom is -0.481 e. The first kappa shape index (κ1) is 75.2. The van der Waals surface area contributed by atoms with Crippen LogP contribution in [-0.2, 0) is 88.2 Å². The van der Waals surface area contributed by atoms with E-state index in [4.69, 9.17) is 28.4 Å². The summed E-state index contributed by atoms with van der Waals surface area (Å²) in [6, 6.07) is 22.5. The van der Waals surface area contributed by atoms with Crippen LogP contribution in [0.1, 0.15) is 102 Å². The number of amides is 7. The third kappa shape index (κ3) is 24.1. The fraction of sp³-hybridized carbons (Fsp3) is 0.493. The predicted octanol–water partition coefficient (Wildman–Crippen LogP) is 4.06. The smallest absolute Gasteiger partial charge is 0.305 e. The zero-order valence-corrected chi connectivity index (χ0v) is 56.3. The number of fused-ring (bicyclic) bond motifs is 4. The van der Waals surface area contributed by atoms with E-state index in [-0.39, 0.29) is 75.1 Å². The molecule has 4 aromatic carbocycles. The number of anilines is 2. The monoisotopic (exact) mass is 1370 g/mol. The molecule has 2 aromatic heterocycles. The van der Waals surface area contributed by atoms with E-state index in [1.165, 1.54) is 6.92 Å². The van der Waals surface area contributed by atoms with Gasteiger partial charge in [-0.3, -0.25) is 43.2 Å². The lowest BCUT2D eigenvalue weighted by molar-refractivity contribution is -0.141. The number of para-hydroxylation sites is 4. The van der Waals surface area contributed by atoms with Crippen molar-refractivity contribution in [1.82, 2.24) is 55.5 Å². The summed E-state index contributed by atoms with van der Waals surface area (Å²) in [7, 11) is 3.37. The maximum Gasteiger partial charge on any atom is 0.305 e. The number of hydrogen-bond acceptors (Lipinski definition) is 19. The van der Waals surface area contributed by atoms with Crippen molar-refractivity contribution in [2.24, 2.45) is 0 Å². The predicted molar refractivity (Wildman–Crippen MR) is 363 cm³/mol. The SMILES string of the molecule is CC(=O)N[C@@H](CCC(=O)NCCCOCCOCCOCCCN1Cc2cc(C(=O)N(C)Cc3nc4ccccc4[nH]3)ccc2N[C@H](CC(=O)O)C1=O)C(=O)NCCCOCCOCCOCCCN1Cc2cc(C(=O)N(C)Cc3nc4ccccc4[nH]3)ccc2N[C@@H](CC(=O)O)C1=O. The van der Waals surface area contributed by atoms with E-state index in [0.29, 0.717) is 170 Å². The molecule has 3 atom stereocenters. The lowest BCUT2D eigenvalue weighted by Crippen LogP contribution is -2.47. The molecule has 0 saturated carbocycles. The summed E-state index contributed by atoms with van der Waals surface area (Å²) < 4.78 is 34.0. The standard InChI is InChI=1S/C69H91N13O17/c1-46(83)72-57(65(89)71-23-9-27-95-31-35-99-37-33-97-29-11-25-82-43-50-39-48(17-19-52(50)74-59(69(82)93)41-64(87)88)67(91)80(3)45-61-77-55-14-6-7-15-56(55)78-61)20-21-62(84)70-22-8-26-94-30-34-98-36-32-96-28-10-24-81-42-49-38-47(16-18-51(49)73-58(68(81)92)40-63(85)86)66(90)79(2)44-60-75-53-12-4-5-13-54(53)76-60/h4-7,12-19,38-39,57-59,73-74H,8-11,20-37,40-45H2,1-3H3,(H,70,84)(H,71,89)(H,72,83)(H,75,76)(H,77,78)(H,85,86)(H,87,88)/t57-,58+,59-/m0/s1. The Labute approximate surface area is 573 Å². The van der Waals surface area contributed by atoms with Crippen molar-refractivity contribution in [2.75, 3.05) is 130 Å². The fourth-order valence-electron chi connectivity index (χ4n) is 11.3. The number of carbonyl (C=O) groups is 9. The minimum atomic E-state index is -1.12. The van der Waals surface area contributed by atoms with Crippen LogP contribution in [0.15, 0.2) is 84.9 Å². The summed E-state index contributed by atoms with van der Waals surface area (Å²) in [4.78, 5) is 137. The Kier molecular flexibility index (Phi) is 29.7. The van der Waals surface area contributed by atoms with Crippen LogP contribution < -0.4 is 26.6 Å². The number of ether oxygens (including phenoxy) is 6. The zero-order chi connectivity index (χ0) is 70.5.